The van der Waals surface area contributed by atoms with E-state index in [-0.39, 0.29) is 34.5 Å². The summed E-state index contributed by atoms with van der Waals surface area (Å²) in [6.45, 7) is 9.09. The molecule has 2 aliphatic rings. The molecule has 0 saturated carbocycles. The first-order valence-corrected chi connectivity index (χ1v) is 12.3. The van der Waals surface area contributed by atoms with Crippen LogP contribution >= 0.6 is 0 Å². The Hall–Kier alpha value is -2.42. The van der Waals surface area contributed by atoms with E-state index in [0.29, 0.717) is 43.8 Å². The Kier molecular flexibility index (Phi) is 7.03. The zero-order valence-electron chi connectivity index (χ0n) is 18.6. The van der Waals surface area contributed by atoms with E-state index in [1.165, 1.54) is 6.07 Å². The van der Waals surface area contributed by atoms with E-state index in [0.717, 1.165) is 0 Å². The summed E-state index contributed by atoms with van der Waals surface area (Å²) in [6.07, 6.45) is 1.94. The van der Waals surface area contributed by atoms with Crippen molar-refractivity contribution < 1.29 is 18.0 Å². The van der Waals surface area contributed by atoms with Crippen LogP contribution in [0.1, 0.15) is 52.5 Å². The predicted molar refractivity (Wildman–Crippen MR) is 119 cm³/mol. The molecule has 0 spiro atoms. The molecule has 2 amide bonds. The number of amides is 2. The Morgan fingerprint density at radius 2 is 1.81 bits per heavy atom. The molecular weight excluding hydrogens is 416 g/mol. The van der Waals surface area contributed by atoms with Crippen LogP contribution in [0.5, 0.6) is 0 Å². The lowest BCUT2D eigenvalue weighted by molar-refractivity contribution is -0.133. The van der Waals surface area contributed by atoms with Crippen LogP contribution in [0.4, 0.5) is 0 Å². The van der Waals surface area contributed by atoms with Crippen LogP contribution < -0.4 is 10.0 Å². The third kappa shape index (κ3) is 5.44. The molecule has 0 unspecified atom stereocenters. The Labute approximate surface area is 184 Å². The van der Waals surface area contributed by atoms with Crippen molar-refractivity contribution in [3.8, 4) is 0 Å². The molecule has 1 fully saturated rings. The van der Waals surface area contributed by atoms with Gasteiger partial charge < -0.3 is 10.2 Å². The van der Waals surface area contributed by atoms with E-state index in [1.54, 1.807) is 18.2 Å². The van der Waals surface area contributed by atoms with E-state index in [1.807, 2.05) is 32.6 Å². The summed E-state index contributed by atoms with van der Waals surface area (Å²) in [7, 11) is -3.65. The van der Waals surface area contributed by atoms with Gasteiger partial charge >= 0.3 is 0 Å². The molecule has 1 atom stereocenters. The van der Waals surface area contributed by atoms with Crippen LogP contribution in [0.2, 0.25) is 0 Å². The summed E-state index contributed by atoms with van der Waals surface area (Å²) in [5.74, 6) is 0.362. The highest BCUT2D eigenvalue weighted by Crippen LogP contribution is 2.23. The van der Waals surface area contributed by atoms with E-state index < -0.39 is 16.1 Å². The van der Waals surface area contributed by atoms with Gasteiger partial charge in [-0.3, -0.25) is 19.3 Å². The van der Waals surface area contributed by atoms with Crippen molar-refractivity contribution in [2.75, 3.05) is 13.1 Å². The summed E-state index contributed by atoms with van der Waals surface area (Å²) in [5.41, 5.74) is 0.484. The molecular formula is C22H32N4O4S. The first-order chi connectivity index (χ1) is 14.6. The highest BCUT2D eigenvalue weighted by atomic mass is 32.2. The molecule has 2 aliphatic heterocycles. The number of likely N-dealkylation sites (tertiary alicyclic amines) is 1. The third-order valence-corrected chi connectivity index (χ3v) is 7.01. The zero-order chi connectivity index (χ0) is 22.8. The lowest BCUT2D eigenvalue weighted by Gasteiger charge is -2.33. The molecule has 2 N–H and O–H groups in total. The average Bonchev–Trinajstić information content (AvgIpc) is 2.96. The van der Waals surface area contributed by atoms with Gasteiger partial charge in [0.15, 0.2) is 0 Å². The first-order valence-electron chi connectivity index (χ1n) is 10.9. The Balaban J connectivity index is 1.67. The molecule has 31 heavy (non-hydrogen) atoms. The number of rotatable bonds is 6. The number of amidine groups is 1. The third-order valence-electron chi connectivity index (χ3n) is 5.61. The quantitative estimate of drug-likeness (QED) is 0.693. The Morgan fingerprint density at radius 3 is 2.42 bits per heavy atom. The molecule has 9 heteroatoms. The minimum atomic E-state index is -3.65. The van der Waals surface area contributed by atoms with Gasteiger partial charge in [-0.15, -0.1) is 0 Å². The van der Waals surface area contributed by atoms with E-state index in [4.69, 9.17) is 0 Å². The topological polar surface area (TPSA) is 108 Å². The van der Waals surface area contributed by atoms with Crippen LogP contribution in [-0.4, -0.2) is 56.1 Å². The molecule has 1 aromatic rings. The number of carbonyl (C=O) groups excluding carboxylic acids is 2. The van der Waals surface area contributed by atoms with Gasteiger partial charge in [0.2, 0.25) is 11.8 Å². The highest BCUT2D eigenvalue weighted by Gasteiger charge is 2.33. The van der Waals surface area contributed by atoms with Gasteiger partial charge in [0.05, 0.1) is 4.90 Å². The number of fused-ring (bicyclic) bond motifs is 1. The van der Waals surface area contributed by atoms with Crippen LogP contribution in [0.3, 0.4) is 0 Å². The summed E-state index contributed by atoms with van der Waals surface area (Å²) < 4.78 is 27.1. The largest absolute Gasteiger partial charge is 0.351 e. The summed E-state index contributed by atoms with van der Waals surface area (Å²) in [4.78, 5) is 31.8. The first kappa shape index (κ1) is 23.2. The summed E-state index contributed by atoms with van der Waals surface area (Å²) in [5, 5.41) is 3.06. The van der Waals surface area contributed by atoms with Gasteiger partial charge in [0, 0.05) is 31.1 Å². The smallest absolute Gasteiger partial charge is 0.263 e. The van der Waals surface area contributed by atoms with Gasteiger partial charge in [-0.2, -0.15) is 0 Å². The maximum Gasteiger partial charge on any atom is 0.263 e. The van der Waals surface area contributed by atoms with Crippen molar-refractivity contribution in [1.29, 1.82) is 0 Å². The summed E-state index contributed by atoms with van der Waals surface area (Å²) >= 11 is 0. The SMILES string of the molecule is CC(C)CC(=O)N1CCC(NC(=O)[C@@H](N=C2NS(=O)(=O)c3ccccc32)C(C)C)CC1. The van der Waals surface area contributed by atoms with Gasteiger partial charge in [-0.05, 0) is 36.8 Å². The number of aliphatic imine (C=N–C) groups is 1. The van der Waals surface area contributed by atoms with Gasteiger partial charge in [-0.1, -0.05) is 39.8 Å². The van der Waals surface area contributed by atoms with Gasteiger partial charge in [0.25, 0.3) is 10.0 Å². The molecule has 1 saturated heterocycles. The maximum atomic E-state index is 13.0. The number of nitrogens with zero attached hydrogens (tertiary/aromatic N) is 2. The number of nitrogens with one attached hydrogen (secondary N) is 2. The van der Waals surface area contributed by atoms with E-state index >= 15 is 0 Å². The number of benzene rings is 1. The second kappa shape index (κ2) is 9.38. The lowest BCUT2D eigenvalue weighted by Crippen LogP contribution is -2.49. The molecule has 2 heterocycles. The fraction of sp³-hybridized carbons (Fsp3) is 0.591. The van der Waals surface area contributed by atoms with Gasteiger partial charge in [-0.25, -0.2) is 8.42 Å². The number of hydrogen-bond donors (Lipinski definition) is 2. The fourth-order valence-corrected chi connectivity index (χ4v) is 5.16. The average molecular weight is 449 g/mol. The predicted octanol–water partition coefficient (Wildman–Crippen LogP) is 1.90. The molecule has 0 bridgehead atoms. The molecule has 0 radical (unpaired) electrons. The van der Waals surface area contributed by atoms with Crippen molar-refractivity contribution in [3.05, 3.63) is 29.8 Å². The standard InChI is InChI=1S/C22H32N4O4S/c1-14(2)13-19(27)26-11-9-16(10-12-26)23-22(28)20(15(3)4)24-21-17-7-5-6-8-18(17)31(29,30)25-21/h5-8,14-16,20H,9-13H2,1-4H3,(H,23,28)(H,24,25)/t20-/m0/s1. The fourth-order valence-electron chi connectivity index (χ4n) is 3.92. The number of hydrogen-bond acceptors (Lipinski definition) is 5. The van der Waals surface area contributed by atoms with Crippen LogP contribution in [0.25, 0.3) is 0 Å². The van der Waals surface area contributed by atoms with Crippen LogP contribution in [0.15, 0.2) is 34.2 Å². The van der Waals surface area contributed by atoms with Crippen molar-refractivity contribution >= 4 is 27.7 Å². The second-order valence-electron chi connectivity index (χ2n) is 9.03. The monoisotopic (exact) mass is 448 g/mol. The van der Waals surface area contributed by atoms with Crippen LogP contribution in [0, 0.1) is 11.8 Å². The highest BCUT2D eigenvalue weighted by molar-refractivity contribution is 7.90. The van der Waals surface area contributed by atoms with E-state index in [2.05, 4.69) is 15.0 Å². The second-order valence-corrected chi connectivity index (χ2v) is 10.7. The number of piperidine rings is 1. The molecule has 8 nitrogen and oxygen atoms in total. The maximum absolute atomic E-state index is 13.0. The van der Waals surface area contributed by atoms with Crippen molar-refractivity contribution in [2.45, 2.75) is 63.9 Å². The minimum Gasteiger partial charge on any atom is -0.351 e. The molecule has 0 aromatic heterocycles. The van der Waals surface area contributed by atoms with Crippen molar-refractivity contribution in [1.82, 2.24) is 14.9 Å². The molecule has 3 rings (SSSR count). The normalized spacial score (nSPS) is 20.6. The van der Waals surface area contributed by atoms with E-state index in [9.17, 15) is 18.0 Å². The molecule has 170 valence electrons. The Bertz CT molecular complexity index is 963. The molecule has 1 aromatic carbocycles. The number of carbonyl (C=O) groups is 2. The zero-order valence-corrected chi connectivity index (χ0v) is 19.4. The summed E-state index contributed by atoms with van der Waals surface area (Å²) in [6, 6.07) is 5.87. The Morgan fingerprint density at radius 1 is 1.16 bits per heavy atom. The minimum absolute atomic E-state index is 0.0235. The lowest BCUT2D eigenvalue weighted by atomic mass is 10.00. The molecule has 0 aliphatic carbocycles. The number of sulfonamides is 1. The van der Waals surface area contributed by atoms with Crippen molar-refractivity contribution in [2.24, 2.45) is 16.8 Å². The van der Waals surface area contributed by atoms with Crippen LogP contribution in [-0.2, 0) is 19.6 Å². The van der Waals surface area contributed by atoms with Crippen molar-refractivity contribution in [3.63, 3.8) is 0 Å². The van der Waals surface area contributed by atoms with Gasteiger partial charge in [0.1, 0.15) is 11.9 Å².